The third-order valence-corrected chi connectivity index (χ3v) is 6.02. The van der Waals surface area contributed by atoms with Crippen molar-refractivity contribution in [2.75, 3.05) is 48.0 Å². The number of methoxy groups -OCH3 is 1. The normalized spacial score (nSPS) is 19.4. The van der Waals surface area contributed by atoms with Gasteiger partial charge < -0.3 is 23.4 Å². The van der Waals surface area contributed by atoms with Crippen molar-refractivity contribution in [2.45, 2.75) is 96.9 Å². The maximum Gasteiger partial charge on any atom is 0.270 e. The summed E-state index contributed by atoms with van der Waals surface area (Å²) in [5, 5.41) is 0. The molecule has 1 rings (SSSR count). The molecule has 0 radical (unpaired) electrons. The highest BCUT2D eigenvalue weighted by molar-refractivity contribution is 7.45. The van der Waals surface area contributed by atoms with Gasteiger partial charge in [0.1, 0.15) is 13.2 Å². The molecule has 1 fully saturated rings. The summed E-state index contributed by atoms with van der Waals surface area (Å²) >= 11 is 0. The van der Waals surface area contributed by atoms with Gasteiger partial charge in [0.05, 0.1) is 27.2 Å². The molecule has 1 aliphatic rings. The van der Waals surface area contributed by atoms with Crippen LogP contribution in [0.25, 0.3) is 0 Å². The van der Waals surface area contributed by atoms with E-state index in [-0.39, 0.29) is 6.61 Å². The minimum absolute atomic E-state index is 0.102. The third-order valence-electron chi connectivity index (χ3n) is 5.03. The molecule has 1 heterocycles. The molecule has 7 nitrogen and oxygen atoms in total. The van der Waals surface area contributed by atoms with Crippen molar-refractivity contribution in [1.29, 1.82) is 0 Å². The van der Waals surface area contributed by atoms with Crippen LogP contribution in [0.3, 0.4) is 0 Å². The number of rotatable bonds is 17. The van der Waals surface area contributed by atoms with Crippen LogP contribution in [0, 0.1) is 0 Å². The van der Waals surface area contributed by atoms with E-state index in [4.69, 9.17) is 18.5 Å². The molecule has 3 atom stereocenters. The van der Waals surface area contributed by atoms with E-state index >= 15 is 0 Å². The topological polar surface area (TPSA) is 77.1 Å². The lowest BCUT2D eigenvalue weighted by Gasteiger charge is -2.29. The molecule has 0 saturated carbocycles. The molecule has 0 bridgehead atoms. The van der Waals surface area contributed by atoms with E-state index in [2.05, 4.69) is 6.92 Å². The van der Waals surface area contributed by atoms with E-state index in [0.29, 0.717) is 23.6 Å². The van der Waals surface area contributed by atoms with Crippen molar-refractivity contribution in [2.24, 2.45) is 0 Å². The first-order valence-corrected chi connectivity index (χ1v) is 13.2. The van der Waals surface area contributed by atoms with Gasteiger partial charge in [0.15, 0.2) is 6.29 Å². The highest BCUT2D eigenvalue weighted by atomic mass is 31.2. The van der Waals surface area contributed by atoms with Crippen LogP contribution in [0.4, 0.5) is 0 Å². The molecule has 0 aromatic carbocycles. The summed E-state index contributed by atoms with van der Waals surface area (Å²) < 4.78 is 31.6. The van der Waals surface area contributed by atoms with E-state index in [1.54, 1.807) is 6.92 Å². The van der Waals surface area contributed by atoms with Gasteiger partial charge in [-0.1, -0.05) is 65.2 Å². The summed E-state index contributed by atoms with van der Waals surface area (Å²) in [5.41, 5.74) is 0. The average Bonchev–Trinajstić information content (AvgIpc) is 2.62. The Morgan fingerprint density at radius 3 is 2.07 bits per heavy atom. The lowest BCUT2D eigenvalue weighted by Crippen LogP contribution is -2.37. The number of phosphoric ester groups is 1. The van der Waals surface area contributed by atoms with Gasteiger partial charge in [-0.15, -0.1) is 0 Å². The van der Waals surface area contributed by atoms with E-state index in [0.717, 1.165) is 6.61 Å². The standard InChI is InChI=1S/C13H26O.C9H22NO5P/c1-2-3-4-5-6-7-8-9-10-13-11-12-14-13;1-6-9(13-5)15-16(11,12)14-8-7-10(2,3)4/h13H,2-12H2,1H3;9H,6-8H2,1-5H3. The number of likely N-dealkylation sites (N-methyl/N-ethyl adjacent to an activating group) is 1. The summed E-state index contributed by atoms with van der Waals surface area (Å²) in [6.07, 6.45) is 14.3. The molecule has 0 aromatic rings. The monoisotopic (exact) mass is 453 g/mol. The van der Waals surface area contributed by atoms with Crippen molar-refractivity contribution in [3.8, 4) is 0 Å². The van der Waals surface area contributed by atoms with Crippen molar-refractivity contribution in [1.82, 2.24) is 0 Å². The number of quaternary nitrogens is 1. The fraction of sp³-hybridized carbons (Fsp3) is 1.00. The summed E-state index contributed by atoms with van der Waals surface area (Å²) in [6.45, 7) is 5.74. The zero-order valence-electron chi connectivity index (χ0n) is 20.4. The Morgan fingerprint density at radius 1 is 1.07 bits per heavy atom. The SMILES string of the molecule is CCC(OC)OP(=O)([O-])OCC[N+](C)(C)C.CCCCCCCCCCC1CCO1. The maximum atomic E-state index is 11.3. The summed E-state index contributed by atoms with van der Waals surface area (Å²) in [6, 6.07) is 0. The van der Waals surface area contributed by atoms with Crippen LogP contribution in [0.15, 0.2) is 0 Å². The van der Waals surface area contributed by atoms with E-state index in [9.17, 15) is 9.46 Å². The second kappa shape index (κ2) is 17.5. The van der Waals surface area contributed by atoms with Gasteiger partial charge in [0, 0.05) is 13.7 Å². The molecule has 30 heavy (non-hydrogen) atoms. The Hall–Kier alpha value is -0.0100. The quantitative estimate of drug-likeness (QED) is 0.135. The minimum Gasteiger partial charge on any atom is -0.756 e. The lowest BCUT2D eigenvalue weighted by atomic mass is 10.0. The molecular weight excluding hydrogens is 405 g/mol. The summed E-state index contributed by atoms with van der Waals surface area (Å²) in [5.74, 6) is 0. The molecule has 0 N–H and O–H groups in total. The number of ether oxygens (including phenoxy) is 2. The fourth-order valence-electron chi connectivity index (χ4n) is 2.90. The molecule has 8 heteroatoms. The first-order chi connectivity index (χ1) is 14.1. The smallest absolute Gasteiger partial charge is 0.270 e. The fourth-order valence-corrected chi connectivity index (χ4v) is 3.79. The van der Waals surface area contributed by atoms with Gasteiger partial charge in [-0.3, -0.25) is 9.09 Å². The van der Waals surface area contributed by atoms with E-state index in [1.165, 1.54) is 71.3 Å². The molecular formula is C22H48NO6P. The molecule has 3 unspecified atom stereocenters. The number of hydrogen-bond acceptors (Lipinski definition) is 6. The minimum atomic E-state index is -4.25. The van der Waals surface area contributed by atoms with Crippen LogP contribution < -0.4 is 4.89 Å². The van der Waals surface area contributed by atoms with Crippen molar-refractivity contribution in [3.05, 3.63) is 0 Å². The zero-order chi connectivity index (χ0) is 22.9. The molecule has 0 amide bonds. The molecule has 0 aromatic heterocycles. The largest absolute Gasteiger partial charge is 0.756 e. The maximum absolute atomic E-state index is 11.3. The summed E-state index contributed by atoms with van der Waals surface area (Å²) in [4.78, 5) is 11.3. The number of unbranched alkanes of at least 4 members (excludes halogenated alkanes) is 7. The van der Waals surface area contributed by atoms with Crippen LogP contribution in [-0.2, 0) is 23.1 Å². The van der Waals surface area contributed by atoms with Crippen molar-refractivity contribution >= 4 is 7.82 Å². The zero-order valence-corrected chi connectivity index (χ0v) is 21.3. The van der Waals surface area contributed by atoms with Crippen molar-refractivity contribution in [3.63, 3.8) is 0 Å². The van der Waals surface area contributed by atoms with E-state index in [1.807, 2.05) is 21.1 Å². The molecule has 182 valence electrons. The lowest BCUT2D eigenvalue weighted by molar-refractivity contribution is -0.870. The van der Waals surface area contributed by atoms with E-state index < -0.39 is 14.1 Å². The molecule has 1 saturated heterocycles. The second-order valence-electron chi connectivity index (χ2n) is 9.02. The van der Waals surface area contributed by atoms with Crippen LogP contribution in [0.5, 0.6) is 0 Å². The first-order valence-electron chi connectivity index (χ1n) is 11.7. The van der Waals surface area contributed by atoms with Gasteiger partial charge in [0.2, 0.25) is 0 Å². The predicted octanol–water partition coefficient (Wildman–Crippen LogP) is 4.88. The van der Waals surface area contributed by atoms with Gasteiger partial charge >= 0.3 is 0 Å². The Labute approximate surface area is 185 Å². The van der Waals surface area contributed by atoms with Gasteiger partial charge in [0.25, 0.3) is 7.82 Å². The Bertz CT molecular complexity index is 436. The van der Waals surface area contributed by atoms with Crippen LogP contribution in [-0.4, -0.2) is 64.9 Å². The molecule has 1 aliphatic heterocycles. The van der Waals surface area contributed by atoms with Crippen LogP contribution in [0.2, 0.25) is 0 Å². The summed E-state index contributed by atoms with van der Waals surface area (Å²) in [7, 11) is 2.98. The first kappa shape index (κ1) is 30.0. The Morgan fingerprint density at radius 2 is 1.63 bits per heavy atom. The second-order valence-corrected chi connectivity index (χ2v) is 10.4. The van der Waals surface area contributed by atoms with Crippen molar-refractivity contribution < 1.29 is 32.5 Å². The predicted molar refractivity (Wildman–Crippen MR) is 120 cm³/mol. The number of hydrogen-bond donors (Lipinski definition) is 0. The number of nitrogens with zero attached hydrogens (tertiary/aromatic N) is 1. The molecule has 0 aliphatic carbocycles. The van der Waals surface area contributed by atoms with Gasteiger partial charge in [-0.05, 0) is 19.3 Å². The van der Waals surface area contributed by atoms with Crippen LogP contribution >= 0.6 is 7.82 Å². The van der Waals surface area contributed by atoms with Crippen LogP contribution in [0.1, 0.15) is 84.5 Å². The van der Waals surface area contributed by atoms with Gasteiger partial charge in [-0.2, -0.15) is 0 Å². The highest BCUT2D eigenvalue weighted by Crippen LogP contribution is 2.40. The Balaban J connectivity index is 0.000000564. The third kappa shape index (κ3) is 18.7. The Kier molecular flexibility index (Phi) is 17.5. The average molecular weight is 454 g/mol. The highest BCUT2D eigenvalue weighted by Gasteiger charge is 2.18. The molecule has 0 spiro atoms. The van der Waals surface area contributed by atoms with Gasteiger partial charge in [-0.25, -0.2) is 0 Å². The number of phosphoric acid groups is 1.